The largest absolute Gasteiger partial charge is 0.504 e. The van der Waals surface area contributed by atoms with Crippen LogP contribution >= 0.6 is 0 Å². The maximum Gasteiger partial charge on any atom is 0.241 e. The molecule has 3 heterocycles. The van der Waals surface area contributed by atoms with Gasteiger partial charge in [-0.05, 0) is 18.6 Å². The van der Waals surface area contributed by atoms with Crippen LogP contribution in [0, 0.1) is 18.5 Å². The number of nitrogens with zero attached hydrogens (tertiary/aromatic N) is 4. The number of para-hydroxylation sites is 2. The Kier molecular flexibility index (Phi) is 4.99. The fourth-order valence-electron chi connectivity index (χ4n) is 3.99. The Morgan fingerprint density at radius 3 is 2.74 bits per heavy atom. The fourth-order valence-corrected chi connectivity index (χ4v) is 3.99. The molecule has 0 saturated heterocycles. The molecule has 3 aromatic carbocycles. The minimum atomic E-state index is 0. The molecular formula is C25H18N4OPt-2. The summed E-state index contributed by atoms with van der Waals surface area (Å²) in [6.07, 6.45) is 8.01. The van der Waals surface area contributed by atoms with Gasteiger partial charge in [-0.1, -0.05) is 23.9 Å². The summed E-state index contributed by atoms with van der Waals surface area (Å²) in [5.41, 5.74) is 5.30. The molecule has 0 spiro atoms. The van der Waals surface area contributed by atoms with Crippen molar-refractivity contribution < 1.29 is 30.4 Å². The number of rotatable bonds is 3. The average Bonchev–Trinajstić information content (AvgIpc) is 3.38. The van der Waals surface area contributed by atoms with E-state index in [4.69, 9.17) is 9.72 Å². The zero-order valence-corrected chi connectivity index (χ0v) is 19.1. The van der Waals surface area contributed by atoms with Crippen LogP contribution in [0.3, 0.4) is 0 Å². The molecule has 1 aliphatic rings. The van der Waals surface area contributed by atoms with E-state index in [9.17, 15) is 0 Å². The topological polar surface area (TPSA) is 35.9 Å². The van der Waals surface area contributed by atoms with E-state index in [0.29, 0.717) is 11.5 Å². The molecular weight excluding hydrogens is 567 g/mol. The third-order valence-corrected chi connectivity index (χ3v) is 5.43. The number of benzene rings is 3. The smallest absolute Gasteiger partial charge is 0.241 e. The van der Waals surface area contributed by atoms with E-state index < -0.39 is 0 Å². The average molecular weight is 586 g/mol. The fraction of sp³-hybridized carbons (Fsp3) is 0.120. The predicted molar refractivity (Wildman–Crippen MR) is 112 cm³/mol. The van der Waals surface area contributed by atoms with Crippen molar-refractivity contribution in [3.63, 3.8) is 0 Å². The standard InChI is InChI=1S/C25H18N4O.Pt/c1-27-13-14-28(17-27)19-5-4-6-20(15-19)30-21-10-9-18-11-12-29-24-8-3-2-7-23(24)26-25(29)22(18)16-21;/h2-10,13-14H,11-12H2,1H3;/q-2;. The molecule has 0 fully saturated rings. The number of hydrogen-bond acceptors (Lipinski definition) is 2. The zero-order valence-electron chi connectivity index (χ0n) is 16.8. The van der Waals surface area contributed by atoms with Gasteiger partial charge in [-0.15, -0.1) is 35.4 Å². The van der Waals surface area contributed by atoms with E-state index in [0.717, 1.165) is 41.1 Å². The molecule has 31 heavy (non-hydrogen) atoms. The second-order valence-corrected chi connectivity index (χ2v) is 7.43. The molecule has 0 atom stereocenters. The summed E-state index contributed by atoms with van der Waals surface area (Å²) in [4.78, 5) is 4.86. The van der Waals surface area contributed by atoms with Crippen LogP contribution < -0.4 is 9.30 Å². The van der Waals surface area contributed by atoms with Crippen molar-refractivity contribution in [2.45, 2.75) is 13.0 Å². The molecule has 6 heteroatoms. The van der Waals surface area contributed by atoms with E-state index in [2.05, 4.69) is 47.3 Å². The Morgan fingerprint density at radius 2 is 1.87 bits per heavy atom. The molecule has 0 N–H and O–H groups in total. The van der Waals surface area contributed by atoms with Crippen molar-refractivity contribution in [1.82, 2.24) is 14.1 Å². The van der Waals surface area contributed by atoms with Crippen molar-refractivity contribution in [3.05, 3.63) is 91.0 Å². The number of ether oxygens (including phenoxy) is 1. The van der Waals surface area contributed by atoms with Gasteiger partial charge < -0.3 is 18.4 Å². The third kappa shape index (κ3) is 3.49. The Labute approximate surface area is 194 Å². The quantitative estimate of drug-likeness (QED) is 0.237. The number of hydrogen-bond donors (Lipinski definition) is 0. The summed E-state index contributed by atoms with van der Waals surface area (Å²) >= 11 is 0. The first-order valence-electron chi connectivity index (χ1n) is 9.92. The Hall–Kier alpha value is -3.17. The van der Waals surface area contributed by atoms with Crippen molar-refractivity contribution in [3.8, 4) is 28.6 Å². The van der Waals surface area contributed by atoms with Gasteiger partial charge in [0.1, 0.15) is 0 Å². The summed E-state index contributed by atoms with van der Waals surface area (Å²) < 4.78 is 12.1. The zero-order chi connectivity index (χ0) is 20.1. The molecule has 1 aliphatic heterocycles. The Morgan fingerprint density at radius 1 is 1.00 bits per heavy atom. The third-order valence-electron chi connectivity index (χ3n) is 5.43. The maximum atomic E-state index is 6.12. The monoisotopic (exact) mass is 585 g/mol. The summed E-state index contributed by atoms with van der Waals surface area (Å²) in [6, 6.07) is 24.9. The Bertz CT molecular complexity index is 1400. The van der Waals surface area contributed by atoms with Gasteiger partial charge in [0.25, 0.3) is 0 Å². The normalized spacial score (nSPS) is 12.2. The van der Waals surface area contributed by atoms with Crippen LogP contribution in [0.15, 0.2) is 67.0 Å². The van der Waals surface area contributed by atoms with Gasteiger partial charge in [-0.25, -0.2) is 0 Å². The van der Waals surface area contributed by atoms with Crippen LogP contribution in [0.5, 0.6) is 11.5 Å². The molecule has 0 bridgehead atoms. The predicted octanol–water partition coefficient (Wildman–Crippen LogP) is 4.06. The number of aromatic nitrogens is 4. The SMILES string of the molecule is C[n+]1[c-]n(-c2[c-]c(Oc3[c-]c4c(cc3)CCn3c-4nc4ccccc43)ccc2)cc1.[Pt]. The summed E-state index contributed by atoms with van der Waals surface area (Å²) in [5.74, 6) is 2.25. The van der Waals surface area contributed by atoms with Gasteiger partial charge in [0.2, 0.25) is 6.33 Å². The first-order valence-corrected chi connectivity index (χ1v) is 9.92. The van der Waals surface area contributed by atoms with E-state index >= 15 is 0 Å². The van der Waals surface area contributed by atoms with E-state index in [-0.39, 0.29) is 21.1 Å². The molecule has 0 saturated carbocycles. The summed E-state index contributed by atoms with van der Waals surface area (Å²) in [5, 5.41) is 0. The molecule has 0 radical (unpaired) electrons. The first kappa shape index (κ1) is 19.8. The van der Waals surface area contributed by atoms with Crippen molar-refractivity contribution in [2.24, 2.45) is 7.05 Å². The molecule has 0 aliphatic carbocycles. The van der Waals surface area contributed by atoms with Crippen LogP contribution in [0.1, 0.15) is 5.56 Å². The van der Waals surface area contributed by atoms with E-state index in [1.807, 2.05) is 58.9 Å². The molecule has 6 rings (SSSR count). The van der Waals surface area contributed by atoms with Crippen LogP contribution in [-0.2, 0) is 41.1 Å². The van der Waals surface area contributed by atoms with Gasteiger partial charge in [-0.3, -0.25) is 4.98 Å². The second-order valence-electron chi connectivity index (χ2n) is 7.43. The molecule has 5 aromatic rings. The number of aryl methyl sites for hydroxylation is 3. The minimum absolute atomic E-state index is 0. The van der Waals surface area contributed by atoms with Crippen LogP contribution in [0.4, 0.5) is 0 Å². The van der Waals surface area contributed by atoms with Crippen molar-refractivity contribution in [2.75, 3.05) is 0 Å². The van der Waals surface area contributed by atoms with E-state index in [1.165, 1.54) is 5.56 Å². The van der Waals surface area contributed by atoms with Crippen LogP contribution in [-0.4, -0.2) is 14.1 Å². The van der Waals surface area contributed by atoms with Gasteiger partial charge in [0, 0.05) is 51.5 Å². The van der Waals surface area contributed by atoms with Crippen LogP contribution in [0.25, 0.3) is 28.1 Å². The number of fused-ring (bicyclic) bond motifs is 5. The minimum Gasteiger partial charge on any atom is -0.504 e. The van der Waals surface area contributed by atoms with Gasteiger partial charge in [0.15, 0.2) is 0 Å². The Balaban J connectivity index is 0.00000204. The molecule has 0 unspecified atom stereocenters. The summed E-state index contributed by atoms with van der Waals surface area (Å²) in [6.45, 7) is 0.928. The molecule has 0 amide bonds. The van der Waals surface area contributed by atoms with Gasteiger partial charge in [0.05, 0.1) is 23.9 Å². The van der Waals surface area contributed by atoms with Crippen molar-refractivity contribution in [1.29, 1.82) is 0 Å². The van der Waals surface area contributed by atoms with Crippen LogP contribution in [0.2, 0.25) is 0 Å². The number of imidazole rings is 2. The maximum absolute atomic E-state index is 6.12. The molecule has 2 aromatic heterocycles. The second kappa shape index (κ2) is 7.82. The molecule has 5 nitrogen and oxygen atoms in total. The first-order chi connectivity index (χ1) is 14.7. The molecule has 156 valence electrons. The summed E-state index contributed by atoms with van der Waals surface area (Å²) in [7, 11) is 1.94. The van der Waals surface area contributed by atoms with Gasteiger partial charge >= 0.3 is 0 Å². The van der Waals surface area contributed by atoms with E-state index in [1.54, 1.807) is 0 Å². The van der Waals surface area contributed by atoms with Gasteiger partial charge in [-0.2, -0.15) is 12.1 Å². The van der Waals surface area contributed by atoms with Crippen molar-refractivity contribution >= 4 is 11.0 Å².